The van der Waals surface area contributed by atoms with E-state index < -0.39 is 11.7 Å². The average Bonchev–Trinajstić information content (AvgIpc) is 2.50. The van der Waals surface area contributed by atoms with Crippen LogP contribution < -0.4 is 0 Å². The Morgan fingerprint density at radius 2 is 1.93 bits per heavy atom. The molecule has 8 atom stereocenters. The number of alkyl halides is 1. The van der Waals surface area contributed by atoms with Gasteiger partial charge in [-0.05, 0) is 44.4 Å². The quantitative estimate of drug-likeness (QED) is 0.384. The smallest absolute Gasteiger partial charge is 0.302 e. The first-order valence-electron chi connectivity index (χ1n) is 10.1. The van der Waals surface area contributed by atoms with Crippen molar-refractivity contribution in [3.63, 3.8) is 0 Å². The predicted octanol–water partition coefficient (Wildman–Crippen LogP) is 4.63. The molecule has 2 aliphatic carbocycles. The summed E-state index contributed by atoms with van der Waals surface area (Å²) in [5.74, 6) is -0.0360. The molecule has 5 heteroatoms. The number of ether oxygens (including phenoxy) is 2. The number of aliphatic hydroxyl groups excluding tert-OH is 1. The van der Waals surface area contributed by atoms with E-state index in [4.69, 9.17) is 9.47 Å². The van der Waals surface area contributed by atoms with Crippen molar-refractivity contribution in [1.29, 1.82) is 0 Å². The summed E-state index contributed by atoms with van der Waals surface area (Å²) in [6, 6.07) is 0. The van der Waals surface area contributed by atoms with Crippen LogP contribution in [0.2, 0.25) is 0 Å². The second kappa shape index (κ2) is 6.56. The molecular formula is C22H35BrO4. The van der Waals surface area contributed by atoms with E-state index in [1.807, 2.05) is 6.08 Å². The first kappa shape index (κ1) is 21.3. The van der Waals surface area contributed by atoms with Crippen LogP contribution in [-0.2, 0) is 14.3 Å². The Morgan fingerprint density at radius 1 is 1.30 bits per heavy atom. The van der Waals surface area contributed by atoms with Gasteiger partial charge >= 0.3 is 5.97 Å². The molecule has 1 N–H and O–H groups in total. The van der Waals surface area contributed by atoms with Gasteiger partial charge in [0.1, 0.15) is 6.10 Å². The molecule has 0 spiro atoms. The van der Waals surface area contributed by atoms with Crippen molar-refractivity contribution < 1.29 is 19.4 Å². The molecular weight excluding hydrogens is 408 g/mol. The number of hydrogen-bond donors (Lipinski definition) is 1. The van der Waals surface area contributed by atoms with E-state index in [1.54, 1.807) is 0 Å². The fraction of sp³-hybridized carbons (Fsp3) is 0.864. The van der Waals surface area contributed by atoms with Crippen molar-refractivity contribution in [1.82, 2.24) is 0 Å². The third-order valence-corrected chi connectivity index (χ3v) is 9.57. The Balaban J connectivity index is 2.11. The standard InChI is InChI=1S/C22H35BrO4/c1-8-20(5)10-9-15-21(6,27-20)12-14(25)18-19(3,4)16(23)11-17(22(15,18)7)26-13(2)24/h8,14-18,25H,1,9-12H2,2-7H3/t14-,15+,16+,17-,18+,20-,21-,22-/m0/s1. The van der Waals surface area contributed by atoms with Crippen molar-refractivity contribution in [2.45, 2.75) is 95.5 Å². The molecule has 154 valence electrons. The Kier molecular flexibility index (Phi) is 5.18. The lowest BCUT2D eigenvalue weighted by molar-refractivity contribution is -0.297. The van der Waals surface area contributed by atoms with E-state index in [9.17, 15) is 9.90 Å². The number of carbonyl (C=O) groups excluding carboxylic acids is 1. The summed E-state index contributed by atoms with van der Waals surface area (Å²) in [6.07, 6.45) is 4.33. The minimum atomic E-state index is -0.517. The summed E-state index contributed by atoms with van der Waals surface area (Å²) in [7, 11) is 0. The van der Waals surface area contributed by atoms with E-state index in [1.165, 1.54) is 6.92 Å². The molecule has 0 bridgehead atoms. The first-order chi connectivity index (χ1) is 12.3. The largest absolute Gasteiger partial charge is 0.462 e. The maximum absolute atomic E-state index is 11.9. The van der Waals surface area contributed by atoms with Crippen molar-refractivity contribution in [3.05, 3.63) is 12.7 Å². The summed E-state index contributed by atoms with van der Waals surface area (Å²) in [5, 5.41) is 11.4. The van der Waals surface area contributed by atoms with Gasteiger partial charge in [-0.1, -0.05) is 42.8 Å². The Bertz CT molecular complexity index is 634. The highest BCUT2D eigenvalue weighted by Gasteiger charge is 2.69. The van der Waals surface area contributed by atoms with Crippen LogP contribution in [0.1, 0.15) is 67.2 Å². The van der Waals surface area contributed by atoms with Gasteiger partial charge in [0.15, 0.2) is 0 Å². The monoisotopic (exact) mass is 442 g/mol. The van der Waals surface area contributed by atoms with E-state index in [-0.39, 0.29) is 45.2 Å². The van der Waals surface area contributed by atoms with Gasteiger partial charge in [-0.2, -0.15) is 0 Å². The molecule has 0 amide bonds. The molecule has 1 heterocycles. The summed E-state index contributed by atoms with van der Waals surface area (Å²) in [5.41, 5.74) is -1.33. The summed E-state index contributed by atoms with van der Waals surface area (Å²) < 4.78 is 12.5. The highest BCUT2D eigenvalue weighted by atomic mass is 79.9. The molecule has 3 fully saturated rings. The third kappa shape index (κ3) is 3.12. The maximum Gasteiger partial charge on any atom is 0.302 e. The van der Waals surface area contributed by atoms with Gasteiger partial charge in [-0.15, -0.1) is 6.58 Å². The minimum Gasteiger partial charge on any atom is -0.462 e. The number of esters is 1. The molecule has 1 saturated heterocycles. The lowest BCUT2D eigenvalue weighted by Gasteiger charge is -2.68. The van der Waals surface area contributed by atoms with Crippen LogP contribution in [0.5, 0.6) is 0 Å². The highest BCUT2D eigenvalue weighted by molar-refractivity contribution is 9.09. The fourth-order valence-corrected chi connectivity index (χ4v) is 7.51. The van der Waals surface area contributed by atoms with Gasteiger partial charge in [0.25, 0.3) is 0 Å². The second-order valence-corrected chi connectivity index (χ2v) is 11.4. The number of hydrogen-bond acceptors (Lipinski definition) is 4. The molecule has 2 saturated carbocycles. The van der Waals surface area contributed by atoms with Crippen LogP contribution in [0.15, 0.2) is 12.7 Å². The van der Waals surface area contributed by atoms with E-state index in [2.05, 4.69) is 57.1 Å². The molecule has 27 heavy (non-hydrogen) atoms. The molecule has 0 unspecified atom stereocenters. The first-order valence-corrected chi connectivity index (χ1v) is 11.0. The molecule has 3 aliphatic rings. The molecule has 0 aromatic rings. The topological polar surface area (TPSA) is 55.8 Å². The van der Waals surface area contributed by atoms with Gasteiger partial charge in [-0.3, -0.25) is 4.79 Å². The van der Waals surface area contributed by atoms with Crippen molar-refractivity contribution in [3.8, 4) is 0 Å². The zero-order valence-corrected chi connectivity index (χ0v) is 19.1. The van der Waals surface area contributed by atoms with E-state index in [0.29, 0.717) is 6.42 Å². The predicted molar refractivity (Wildman–Crippen MR) is 110 cm³/mol. The van der Waals surface area contributed by atoms with Gasteiger partial charge in [0.05, 0.1) is 17.3 Å². The summed E-state index contributed by atoms with van der Waals surface area (Å²) in [6.45, 7) is 16.3. The molecule has 0 radical (unpaired) electrons. The van der Waals surface area contributed by atoms with E-state index in [0.717, 1.165) is 19.3 Å². The average molecular weight is 443 g/mol. The third-order valence-electron chi connectivity index (χ3n) is 8.02. The number of carbonyl (C=O) groups is 1. The highest BCUT2D eigenvalue weighted by Crippen LogP contribution is 2.67. The van der Waals surface area contributed by atoms with Gasteiger partial charge < -0.3 is 14.6 Å². The van der Waals surface area contributed by atoms with Crippen LogP contribution in [0.4, 0.5) is 0 Å². The van der Waals surface area contributed by atoms with Crippen molar-refractivity contribution >= 4 is 21.9 Å². The van der Waals surface area contributed by atoms with Crippen LogP contribution in [0, 0.1) is 22.7 Å². The Morgan fingerprint density at radius 3 is 2.48 bits per heavy atom. The SMILES string of the molecule is C=C[C@@]1(C)CC[C@H]2[C@@]3(C)[C@@H](OC(C)=O)C[C@@H](Br)C(C)(C)[C@H]3[C@@H](O)C[C@]2(C)O1. The van der Waals surface area contributed by atoms with Gasteiger partial charge in [0.2, 0.25) is 0 Å². The lowest BCUT2D eigenvalue weighted by atomic mass is 9.42. The fourth-order valence-electron chi connectivity index (χ4n) is 6.89. The zero-order valence-electron chi connectivity index (χ0n) is 17.5. The maximum atomic E-state index is 11.9. The normalized spacial score (nSPS) is 51.6. The van der Waals surface area contributed by atoms with Gasteiger partial charge in [-0.25, -0.2) is 0 Å². The number of aliphatic hydroxyl groups is 1. The van der Waals surface area contributed by atoms with Crippen LogP contribution in [0.25, 0.3) is 0 Å². The molecule has 4 nitrogen and oxygen atoms in total. The van der Waals surface area contributed by atoms with E-state index >= 15 is 0 Å². The molecule has 1 aliphatic heterocycles. The summed E-state index contributed by atoms with van der Waals surface area (Å²) >= 11 is 3.84. The molecule has 0 aromatic heterocycles. The molecule has 3 rings (SSSR count). The lowest BCUT2D eigenvalue weighted by Crippen LogP contribution is -2.71. The Labute approximate surface area is 172 Å². The number of fused-ring (bicyclic) bond motifs is 3. The van der Waals surface area contributed by atoms with Gasteiger partial charge in [0, 0.05) is 29.5 Å². The summed E-state index contributed by atoms with van der Waals surface area (Å²) in [4.78, 5) is 12.1. The van der Waals surface area contributed by atoms with Crippen molar-refractivity contribution in [2.24, 2.45) is 22.7 Å². The second-order valence-electron chi connectivity index (χ2n) is 10.3. The number of halogens is 1. The Hall–Kier alpha value is -0.390. The minimum absolute atomic E-state index is 0.0160. The van der Waals surface area contributed by atoms with Crippen LogP contribution >= 0.6 is 15.9 Å². The van der Waals surface area contributed by atoms with Crippen LogP contribution in [-0.4, -0.2) is 39.3 Å². The molecule has 0 aromatic carbocycles. The van der Waals surface area contributed by atoms with Crippen molar-refractivity contribution in [2.75, 3.05) is 0 Å². The number of rotatable bonds is 2. The van der Waals surface area contributed by atoms with Crippen LogP contribution in [0.3, 0.4) is 0 Å². The zero-order chi connectivity index (χ0) is 20.4.